The molecule has 0 spiro atoms. The van der Waals surface area contributed by atoms with Gasteiger partial charge in [-0.2, -0.15) is 0 Å². The van der Waals surface area contributed by atoms with E-state index in [0.29, 0.717) is 18.4 Å². The van der Waals surface area contributed by atoms with Gasteiger partial charge in [0.15, 0.2) is 6.16 Å². The van der Waals surface area contributed by atoms with Crippen molar-refractivity contribution >= 4 is 8.03 Å². The molecule has 120 valence electrons. The van der Waals surface area contributed by atoms with Gasteiger partial charge in [0.1, 0.15) is 6.61 Å². The molecular weight excluding hydrogens is 351 g/mol. The van der Waals surface area contributed by atoms with Crippen LogP contribution in [-0.2, 0) is 30.2 Å². The zero-order valence-electron chi connectivity index (χ0n) is 13.9. The molecule has 3 atom stereocenters. The van der Waals surface area contributed by atoms with Crippen LogP contribution in [0.15, 0.2) is 0 Å². The van der Waals surface area contributed by atoms with Crippen molar-refractivity contribution in [2.75, 3.05) is 12.8 Å². The van der Waals surface area contributed by atoms with Crippen molar-refractivity contribution in [1.82, 2.24) is 0 Å². The van der Waals surface area contributed by atoms with Crippen molar-refractivity contribution in [1.29, 1.82) is 0 Å². The van der Waals surface area contributed by atoms with Gasteiger partial charge < -0.3 is 0 Å². The Bertz CT molecular complexity index is 225. The van der Waals surface area contributed by atoms with Gasteiger partial charge in [-0.15, -0.1) is 4.52 Å². The van der Waals surface area contributed by atoms with Crippen LogP contribution in [-0.4, -0.2) is 12.8 Å². The van der Waals surface area contributed by atoms with E-state index in [-0.39, 0.29) is 21.1 Å². The summed E-state index contributed by atoms with van der Waals surface area (Å²) < 4.78 is 17.6. The van der Waals surface area contributed by atoms with Crippen LogP contribution in [0.5, 0.6) is 0 Å². The molecule has 0 N–H and O–H groups in total. The van der Waals surface area contributed by atoms with Gasteiger partial charge in [-0.1, -0.05) is 59.8 Å². The molecule has 2 nitrogen and oxygen atoms in total. The Hall–Kier alpha value is 0.748. The maximum Gasteiger partial charge on any atom is 0.508 e. The SMILES string of the molecule is CCCCC(CC)CO[P+](=O)CC(CC)CCCC.[Mo]. The average molecular weight is 385 g/mol. The van der Waals surface area contributed by atoms with Crippen molar-refractivity contribution in [3.8, 4) is 0 Å². The van der Waals surface area contributed by atoms with Gasteiger partial charge in [-0.25, -0.2) is 0 Å². The first-order valence-electron chi connectivity index (χ1n) is 8.25. The average Bonchev–Trinajstić information content (AvgIpc) is 2.43. The second kappa shape index (κ2) is 16.1. The fourth-order valence-electron chi connectivity index (χ4n) is 2.27. The summed E-state index contributed by atoms with van der Waals surface area (Å²) in [5.74, 6) is 1.17. The quantitative estimate of drug-likeness (QED) is 0.280. The van der Waals surface area contributed by atoms with E-state index in [1.54, 1.807) is 0 Å². The van der Waals surface area contributed by atoms with Crippen molar-refractivity contribution < 1.29 is 30.2 Å². The van der Waals surface area contributed by atoms with Crippen molar-refractivity contribution in [3.63, 3.8) is 0 Å². The number of hydrogen-bond donors (Lipinski definition) is 0. The van der Waals surface area contributed by atoms with Crippen molar-refractivity contribution in [2.45, 2.75) is 79.1 Å². The molecule has 0 aromatic carbocycles. The summed E-state index contributed by atoms with van der Waals surface area (Å²) in [4.78, 5) is 0. The summed E-state index contributed by atoms with van der Waals surface area (Å²) in [7, 11) is -1.45. The van der Waals surface area contributed by atoms with Gasteiger partial charge in [0.05, 0.1) is 0 Å². The van der Waals surface area contributed by atoms with E-state index in [0.717, 1.165) is 19.0 Å². The third kappa shape index (κ3) is 12.5. The first kappa shape index (κ1) is 23.0. The monoisotopic (exact) mass is 387 g/mol. The molecule has 20 heavy (non-hydrogen) atoms. The van der Waals surface area contributed by atoms with Crippen LogP contribution >= 0.6 is 8.03 Å². The maximum absolute atomic E-state index is 12.0. The minimum Gasteiger partial charge on any atom is -0.146 e. The van der Waals surface area contributed by atoms with Gasteiger partial charge in [-0.05, 0) is 29.7 Å². The third-order valence-corrected chi connectivity index (χ3v) is 5.20. The van der Waals surface area contributed by atoms with Gasteiger partial charge in [-0.3, -0.25) is 0 Å². The summed E-state index contributed by atoms with van der Waals surface area (Å²) in [5, 5.41) is 0. The van der Waals surface area contributed by atoms with Crippen LogP contribution in [0.25, 0.3) is 0 Å². The van der Waals surface area contributed by atoms with E-state index in [9.17, 15) is 4.57 Å². The Kier molecular flexibility index (Phi) is 18.6. The molecule has 0 aromatic rings. The van der Waals surface area contributed by atoms with E-state index in [1.807, 2.05) is 0 Å². The Morgan fingerprint density at radius 1 is 0.900 bits per heavy atom. The second-order valence-electron chi connectivity index (χ2n) is 5.64. The molecular formula is C16H34MoO2P+. The minimum absolute atomic E-state index is 0. The third-order valence-electron chi connectivity index (χ3n) is 3.95. The number of hydrogen-bond acceptors (Lipinski definition) is 2. The smallest absolute Gasteiger partial charge is 0.146 e. The molecule has 0 bridgehead atoms. The number of rotatable bonds is 13. The normalized spacial score (nSPS) is 14.5. The molecule has 0 aliphatic carbocycles. The van der Waals surface area contributed by atoms with Crippen LogP contribution in [0, 0.1) is 11.8 Å². The molecule has 0 heterocycles. The van der Waals surface area contributed by atoms with Gasteiger partial charge in [0, 0.05) is 27.0 Å². The molecule has 0 radical (unpaired) electrons. The zero-order valence-corrected chi connectivity index (χ0v) is 16.8. The molecule has 0 aliphatic rings. The fraction of sp³-hybridized carbons (Fsp3) is 1.00. The Labute approximate surface area is 142 Å². The molecule has 0 rings (SSSR count). The first-order chi connectivity index (χ1) is 9.17. The summed E-state index contributed by atoms with van der Waals surface area (Å²) in [6.45, 7) is 9.51. The van der Waals surface area contributed by atoms with Crippen LogP contribution in [0.2, 0.25) is 0 Å². The summed E-state index contributed by atoms with van der Waals surface area (Å²) in [6, 6.07) is 0. The molecule has 0 aliphatic heterocycles. The van der Waals surface area contributed by atoms with Gasteiger partial charge >= 0.3 is 8.03 Å². The molecule has 0 aromatic heterocycles. The van der Waals surface area contributed by atoms with Crippen LogP contribution in [0.4, 0.5) is 0 Å². The minimum atomic E-state index is -1.45. The first-order valence-corrected chi connectivity index (χ1v) is 9.61. The second-order valence-corrected chi connectivity index (χ2v) is 6.93. The predicted octanol–water partition coefficient (Wildman–Crippen LogP) is 6.18. The molecule has 4 heteroatoms. The molecule has 3 unspecified atom stereocenters. The molecule has 0 saturated carbocycles. The van der Waals surface area contributed by atoms with E-state index in [2.05, 4.69) is 27.7 Å². The van der Waals surface area contributed by atoms with Crippen LogP contribution in [0.3, 0.4) is 0 Å². The standard InChI is InChI=1S/C16H34O2P.Mo/c1-5-9-11-15(7-3)13-18-19(17)14-16(8-4)12-10-6-2;/h15-16H,5-14H2,1-4H3;/q+1;. The van der Waals surface area contributed by atoms with Gasteiger partial charge in [0.2, 0.25) is 0 Å². The van der Waals surface area contributed by atoms with E-state index < -0.39 is 8.03 Å². The largest absolute Gasteiger partial charge is 0.508 e. The number of unbranched alkanes of at least 4 members (excludes halogenated alkanes) is 2. The Morgan fingerprint density at radius 2 is 1.40 bits per heavy atom. The molecule has 0 fully saturated rings. The Morgan fingerprint density at radius 3 is 1.85 bits per heavy atom. The maximum atomic E-state index is 12.0. The predicted molar refractivity (Wildman–Crippen MR) is 85.0 cm³/mol. The summed E-state index contributed by atoms with van der Waals surface area (Å²) in [6.07, 6.45) is 10.4. The fourth-order valence-corrected chi connectivity index (χ4v) is 3.61. The van der Waals surface area contributed by atoms with Crippen molar-refractivity contribution in [2.24, 2.45) is 11.8 Å². The molecule has 0 saturated heterocycles. The Balaban J connectivity index is 0. The zero-order chi connectivity index (χ0) is 14.5. The van der Waals surface area contributed by atoms with Crippen LogP contribution < -0.4 is 0 Å². The van der Waals surface area contributed by atoms with Gasteiger partial charge in [0.25, 0.3) is 0 Å². The summed E-state index contributed by atoms with van der Waals surface area (Å²) >= 11 is 0. The van der Waals surface area contributed by atoms with E-state index in [4.69, 9.17) is 4.52 Å². The molecule has 0 amide bonds. The summed E-state index contributed by atoms with van der Waals surface area (Å²) in [5.41, 5.74) is 0. The van der Waals surface area contributed by atoms with E-state index >= 15 is 0 Å². The topological polar surface area (TPSA) is 26.3 Å². The van der Waals surface area contributed by atoms with Crippen molar-refractivity contribution in [3.05, 3.63) is 0 Å². The van der Waals surface area contributed by atoms with Crippen LogP contribution in [0.1, 0.15) is 79.1 Å². The van der Waals surface area contributed by atoms with E-state index in [1.165, 1.54) is 38.5 Å².